The van der Waals surface area contributed by atoms with Gasteiger partial charge in [0.25, 0.3) is 0 Å². The van der Waals surface area contributed by atoms with E-state index in [0.29, 0.717) is 0 Å². The fourth-order valence-electron chi connectivity index (χ4n) is 2.35. The summed E-state index contributed by atoms with van der Waals surface area (Å²) in [7, 11) is -2.36. The van der Waals surface area contributed by atoms with Crippen LogP contribution in [0.4, 0.5) is 0 Å². The number of hydrogen-bond acceptors (Lipinski definition) is 6. The van der Waals surface area contributed by atoms with E-state index < -0.39 is 25.8 Å². The minimum Gasteiger partial charge on any atom is -0.467 e. The van der Waals surface area contributed by atoms with Crippen LogP contribution in [0.1, 0.15) is 41.0 Å². The molecule has 0 aromatic carbocycles. The molecule has 0 heterocycles. The van der Waals surface area contributed by atoms with Gasteiger partial charge >= 0.3 is 14.8 Å². The van der Waals surface area contributed by atoms with Gasteiger partial charge in [-0.25, -0.2) is 4.79 Å². The minimum atomic E-state index is -3.62. The summed E-state index contributed by atoms with van der Waals surface area (Å²) >= 11 is 0. The van der Waals surface area contributed by atoms with Crippen LogP contribution in [-0.4, -0.2) is 52.8 Å². The Morgan fingerprint density at radius 1 is 1.09 bits per heavy atom. The number of esters is 1. The van der Waals surface area contributed by atoms with Crippen molar-refractivity contribution in [1.29, 1.82) is 0 Å². The Balaban J connectivity index is 6.31. The van der Waals surface area contributed by atoms with Crippen molar-refractivity contribution in [1.82, 2.24) is 5.32 Å². The second-order valence-electron chi connectivity index (χ2n) is 4.71. The van der Waals surface area contributed by atoms with Crippen LogP contribution in [0.5, 0.6) is 0 Å². The summed E-state index contributed by atoms with van der Waals surface area (Å²) < 4.78 is 22.5. The molecule has 0 saturated heterocycles. The van der Waals surface area contributed by atoms with E-state index in [1.165, 1.54) is 14.0 Å². The molecule has 0 saturated carbocycles. The number of ether oxygens (including phenoxy) is 1. The van der Waals surface area contributed by atoms with Gasteiger partial charge in [-0.15, -0.1) is 0 Å². The first-order valence-electron chi connectivity index (χ1n) is 7.79. The Morgan fingerprint density at radius 2 is 1.57 bits per heavy atom. The van der Waals surface area contributed by atoms with Gasteiger partial charge in [0.2, 0.25) is 11.1 Å². The summed E-state index contributed by atoms with van der Waals surface area (Å²) in [5.41, 5.74) is 0. The summed E-state index contributed by atoms with van der Waals surface area (Å²) in [5, 5.41) is 1.17. The maximum atomic E-state index is 12.7. The number of carbonyl (C=O) groups excluding carboxylic acids is 2. The molecule has 0 aromatic rings. The van der Waals surface area contributed by atoms with Crippen molar-refractivity contribution >= 4 is 20.7 Å². The van der Waals surface area contributed by atoms with Crippen LogP contribution in [0.2, 0.25) is 0 Å². The molecular formula is C15H29NO6Si. The number of nitrogens with one attached hydrogen (secondary N) is 1. The van der Waals surface area contributed by atoms with E-state index in [2.05, 4.69) is 5.32 Å². The predicted molar refractivity (Wildman–Crippen MR) is 88.6 cm³/mol. The fraction of sp³-hybridized carbons (Fsp3) is 0.733. The van der Waals surface area contributed by atoms with Crippen LogP contribution in [-0.2, 0) is 27.6 Å². The Bertz CT molecular complexity index is 398. The monoisotopic (exact) mass is 347 g/mol. The molecule has 0 spiro atoms. The van der Waals surface area contributed by atoms with E-state index in [-0.39, 0.29) is 26.2 Å². The first-order chi connectivity index (χ1) is 10.9. The smallest absolute Gasteiger partial charge is 0.467 e. The van der Waals surface area contributed by atoms with Crippen molar-refractivity contribution in [3.63, 3.8) is 0 Å². The summed E-state index contributed by atoms with van der Waals surface area (Å²) in [6, 6.07) is 0. The lowest BCUT2D eigenvalue weighted by Gasteiger charge is -2.42. The van der Waals surface area contributed by atoms with Gasteiger partial charge in [-0.1, -0.05) is 12.2 Å². The molecule has 0 radical (unpaired) electrons. The molecule has 0 bridgehead atoms. The highest BCUT2D eigenvalue weighted by molar-refractivity contribution is 6.69. The number of allylic oxidation sites excluding steroid dienone is 1. The zero-order chi connectivity index (χ0) is 17.9. The van der Waals surface area contributed by atoms with Gasteiger partial charge in [0.15, 0.2) is 0 Å². The van der Waals surface area contributed by atoms with E-state index in [1.807, 2.05) is 6.92 Å². The molecule has 23 heavy (non-hydrogen) atoms. The molecule has 7 nitrogen and oxygen atoms in total. The molecule has 0 aliphatic rings. The quantitative estimate of drug-likeness (QED) is 0.347. The normalized spacial score (nSPS) is 14.5. The second-order valence-corrected chi connectivity index (χ2v) is 7.54. The molecule has 1 atom stereocenters. The van der Waals surface area contributed by atoms with E-state index in [9.17, 15) is 9.59 Å². The number of methoxy groups -OCH3 is 1. The number of amides is 1. The molecule has 1 N–H and O–H groups in total. The molecule has 0 aliphatic carbocycles. The third-order valence-electron chi connectivity index (χ3n) is 3.11. The van der Waals surface area contributed by atoms with Crippen molar-refractivity contribution in [3.05, 3.63) is 12.2 Å². The molecule has 8 heteroatoms. The van der Waals surface area contributed by atoms with Gasteiger partial charge in [-0.05, 0) is 27.7 Å². The Kier molecular flexibility index (Phi) is 9.97. The Labute approximate surface area is 139 Å². The Hall–Kier alpha value is -1.22. The number of hydrogen-bond donors (Lipinski definition) is 1. The van der Waals surface area contributed by atoms with Crippen molar-refractivity contribution in [2.24, 2.45) is 0 Å². The third kappa shape index (κ3) is 5.13. The first-order valence-corrected chi connectivity index (χ1v) is 9.52. The maximum Gasteiger partial charge on any atom is 0.540 e. The van der Waals surface area contributed by atoms with E-state index in [0.717, 1.165) is 0 Å². The highest BCUT2D eigenvalue weighted by Crippen LogP contribution is 2.30. The SMILES string of the molecule is C/C=C/CC(NC(C)=O)(C(=O)OC)[Si](OCC)(OCC)OCC. The van der Waals surface area contributed by atoms with Gasteiger partial charge in [-0.2, -0.15) is 0 Å². The second kappa shape index (κ2) is 10.5. The molecule has 0 aromatic heterocycles. The fourth-order valence-corrected chi connectivity index (χ4v) is 5.52. The van der Waals surface area contributed by atoms with Gasteiger partial charge in [0, 0.05) is 33.2 Å². The van der Waals surface area contributed by atoms with Crippen molar-refractivity contribution in [3.8, 4) is 0 Å². The highest BCUT2D eigenvalue weighted by Gasteiger charge is 2.67. The van der Waals surface area contributed by atoms with Crippen LogP contribution < -0.4 is 5.32 Å². The molecular weight excluding hydrogens is 318 g/mol. The summed E-state index contributed by atoms with van der Waals surface area (Å²) in [4.78, 5) is 24.5. The standard InChI is InChI=1S/C15H29NO6Si/c1-7-11-12-15(14(18)19-6,16-13(5)17)23(20-8-2,21-9-3)22-10-4/h7,11H,8-10,12H2,1-6H3,(H,16,17)/b11-7+. The van der Waals surface area contributed by atoms with Gasteiger partial charge in [-0.3, -0.25) is 4.79 Å². The van der Waals surface area contributed by atoms with Crippen molar-refractivity contribution in [2.45, 2.75) is 46.2 Å². The molecule has 0 fully saturated rings. The zero-order valence-electron chi connectivity index (χ0n) is 14.9. The molecule has 1 amide bonds. The van der Waals surface area contributed by atoms with Crippen molar-refractivity contribution < 1.29 is 27.6 Å². The van der Waals surface area contributed by atoms with Gasteiger partial charge < -0.3 is 23.3 Å². The lowest BCUT2D eigenvalue weighted by Crippen LogP contribution is -2.76. The van der Waals surface area contributed by atoms with Crippen LogP contribution in [0.25, 0.3) is 0 Å². The van der Waals surface area contributed by atoms with Crippen molar-refractivity contribution in [2.75, 3.05) is 26.9 Å². The number of rotatable bonds is 11. The van der Waals surface area contributed by atoms with Crippen LogP contribution in [0.3, 0.4) is 0 Å². The van der Waals surface area contributed by atoms with Gasteiger partial charge in [0.1, 0.15) is 0 Å². The van der Waals surface area contributed by atoms with Gasteiger partial charge in [0.05, 0.1) is 7.11 Å². The molecule has 134 valence electrons. The minimum absolute atomic E-state index is 0.155. The topological polar surface area (TPSA) is 83.1 Å². The Morgan fingerprint density at radius 3 is 1.87 bits per heavy atom. The van der Waals surface area contributed by atoms with E-state index in [4.69, 9.17) is 18.0 Å². The molecule has 0 rings (SSSR count). The first kappa shape index (κ1) is 21.8. The zero-order valence-corrected chi connectivity index (χ0v) is 15.9. The third-order valence-corrected chi connectivity index (χ3v) is 6.69. The predicted octanol–water partition coefficient (Wildman–Crippen LogP) is 1.59. The largest absolute Gasteiger partial charge is 0.540 e. The van der Waals surface area contributed by atoms with E-state index >= 15 is 0 Å². The lowest BCUT2D eigenvalue weighted by molar-refractivity contribution is -0.150. The van der Waals surface area contributed by atoms with Crippen LogP contribution in [0, 0.1) is 0 Å². The summed E-state index contributed by atoms with van der Waals surface area (Å²) in [6.07, 6.45) is 3.69. The lowest BCUT2D eigenvalue weighted by atomic mass is 10.2. The molecule has 1 unspecified atom stereocenters. The average Bonchev–Trinajstić information content (AvgIpc) is 2.50. The van der Waals surface area contributed by atoms with E-state index in [1.54, 1.807) is 32.9 Å². The molecule has 0 aliphatic heterocycles. The number of carbonyl (C=O) groups is 2. The summed E-state index contributed by atoms with van der Waals surface area (Å²) in [6.45, 7) is 9.33. The average molecular weight is 347 g/mol. The maximum absolute atomic E-state index is 12.7. The van der Waals surface area contributed by atoms with Crippen LogP contribution in [0.15, 0.2) is 12.2 Å². The summed E-state index contributed by atoms with van der Waals surface area (Å²) in [5.74, 6) is -1.04. The van der Waals surface area contributed by atoms with Crippen LogP contribution >= 0.6 is 0 Å². The highest BCUT2D eigenvalue weighted by atomic mass is 28.4.